The van der Waals surface area contributed by atoms with Gasteiger partial charge in [0.15, 0.2) is 6.73 Å². The molecule has 0 atom stereocenters. The molecule has 1 aliphatic rings. The lowest BCUT2D eigenvalue weighted by Gasteiger charge is -2.30. The van der Waals surface area contributed by atoms with Crippen LogP contribution in [0.4, 0.5) is 26.2 Å². The Balaban J connectivity index is 1.63. The van der Waals surface area contributed by atoms with Gasteiger partial charge in [-0.05, 0) is 36.4 Å². The van der Waals surface area contributed by atoms with Crippen LogP contribution in [-0.4, -0.2) is 59.0 Å². The number of anilines is 3. The predicted molar refractivity (Wildman–Crippen MR) is 141 cm³/mol. The van der Waals surface area contributed by atoms with Crippen molar-refractivity contribution in [3.63, 3.8) is 0 Å². The van der Waals surface area contributed by atoms with E-state index in [1.807, 2.05) is 4.72 Å². The molecule has 0 bridgehead atoms. The second-order valence-corrected chi connectivity index (χ2v) is 11.8. The largest absolute Gasteiger partial charge is 0.472 e. The molecule has 3 aromatic rings. The van der Waals surface area contributed by atoms with Crippen molar-refractivity contribution in [3.05, 3.63) is 63.7 Å². The van der Waals surface area contributed by atoms with E-state index in [0.717, 1.165) is 17.4 Å². The van der Waals surface area contributed by atoms with E-state index in [4.69, 9.17) is 16.3 Å². The summed E-state index contributed by atoms with van der Waals surface area (Å²) in [6.07, 6.45) is 0. The van der Waals surface area contributed by atoms with Crippen LogP contribution in [0.15, 0.2) is 46.7 Å². The number of halogens is 2. The van der Waals surface area contributed by atoms with Gasteiger partial charge in [0.1, 0.15) is 15.8 Å². The fraction of sp³-hybridized carbons (Fsp3) is 0.174. The first-order valence-corrected chi connectivity index (χ1v) is 13.5. The molecule has 11 nitrogen and oxygen atoms in total. The number of hydrogen-bond donors (Lipinski definition) is 3. The van der Waals surface area contributed by atoms with Crippen LogP contribution in [0.5, 0.6) is 5.75 Å². The van der Waals surface area contributed by atoms with Gasteiger partial charge in [-0.2, -0.15) is 0 Å². The van der Waals surface area contributed by atoms with E-state index in [1.165, 1.54) is 67.3 Å². The minimum Gasteiger partial charge on any atom is -0.472 e. The van der Waals surface area contributed by atoms with Crippen molar-refractivity contribution in [1.29, 1.82) is 0 Å². The Morgan fingerprint density at radius 1 is 1.13 bits per heavy atom. The average Bonchev–Trinajstić information content (AvgIpc) is 3.31. The molecule has 2 aromatic carbocycles. The third-order valence-corrected chi connectivity index (χ3v) is 8.46. The standard InChI is InChI=1S/C23H21ClFN5O6S2/c1-26-17-10-18-14(9-15(17)25)22(32)30(11-36-18)12-4-5-16(13(8-12)21(31)29(2)3)27-23(33)28-38(34,35)20-7-6-19(24)37-20/h4-10,26H,11H2,1-3H3,(H2,27,28,33). The second kappa shape index (κ2) is 10.5. The number of amides is 4. The summed E-state index contributed by atoms with van der Waals surface area (Å²) in [5, 5.41) is 5.03. The lowest BCUT2D eigenvalue weighted by Crippen LogP contribution is -2.39. The predicted octanol–water partition coefficient (Wildman–Crippen LogP) is 3.79. The molecule has 0 radical (unpaired) electrons. The highest BCUT2D eigenvalue weighted by Crippen LogP contribution is 2.34. The van der Waals surface area contributed by atoms with E-state index in [1.54, 1.807) is 0 Å². The molecule has 0 fully saturated rings. The Hall–Kier alpha value is -3.88. The Kier molecular flexibility index (Phi) is 7.49. The van der Waals surface area contributed by atoms with Crippen molar-refractivity contribution in [2.45, 2.75) is 4.21 Å². The van der Waals surface area contributed by atoms with Gasteiger partial charge in [0, 0.05) is 32.9 Å². The van der Waals surface area contributed by atoms with Gasteiger partial charge in [-0.25, -0.2) is 22.3 Å². The van der Waals surface area contributed by atoms with Gasteiger partial charge in [0.2, 0.25) is 0 Å². The van der Waals surface area contributed by atoms with Crippen molar-refractivity contribution >= 4 is 67.9 Å². The molecule has 4 rings (SSSR count). The lowest BCUT2D eigenvalue weighted by atomic mass is 10.1. The Labute approximate surface area is 226 Å². The summed E-state index contributed by atoms with van der Waals surface area (Å²) < 4.78 is 46.8. The van der Waals surface area contributed by atoms with Crippen molar-refractivity contribution in [3.8, 4) is 5.75 Å². The molecule has 2 heterocycles. The van der Waals surface area contributed by atoms with Crippen molar-refractivity contribution in [2.24, 2.45) is 0 Å². The van der Waals surface area contributed by atoms with Gasteiger partial charge in [0.25, 0.3) is 21.8 Å². The topological polar surface area (TPSA) is 137 Å². The first-order valence-electron chi connectivity index (χ1n) is 10.8. The molecule has 0 saturated carbocycles. The highest BCUT2D eigenvalue weighted by molar-refractivity contribution is 7.92. The zero-order chi connectivity index (χ0) is 27.8. The third kappa shape index (κ3) is 5.37. The van der Waals surface area contributed by atoms with Gasteiger partial charge in [-0.15, -0.1) is 11.3 Å². The van der Waals surface area contributed by atoms with Crippen molar-refractivity contribution in [2.75, 3.05) is 43.4 Å². The SMILES string of the molecule is CNc1cc2c(cc1F)C(=O)N(c1ccc(NC(=O)NS(=O)(=O)c3ccc(Cl)s3)c(C(=O)N(C)C)c1)CO2. The molecule has 4 amide bonds. The maximum atomic E-state index is 14.3. The smallest absolute Gasteiger partial charge is 0.333 e. The summed E-state index contributed by atoms with van der Waals surface area (Å²) in [6, 6.07) is 8.07. The van der Waals surface area contributed by atoms with E-state index in [0.29, 0.717) is 0 Å². The van der Waals surface area contributed by atoms with Crippen molar-refractivity contribution < 1.29 is 31.9 Å². The number of sulfonamides is 1. The van der Waals surface area contributed by atoms with Gasteiger partial charge in [0.05, 0.1) is 26.8 Å². The third-order valence-electron chi connectivity index (χ3n) is 5.40. The summed E-state index contributed by atoms with van der Waals surface area (Å²) in [7, 11) is 0.297. The summed E-state index contributed by atoms with van der Waals surface area (Å²) in [5.41, 5.74) is 0.348. The van der Waals surface area contributed by atoms with Crippen LogP contribution in [0.2, 0.25) is 4.34 Å². The highest BCUT2D eigenvalue weighted by atomic mass is 35.5. The lowest BCUT2D eigenvalue weighted by molar-refractivity contribution is 0.0827. The number of benzene rings is 2. The number of fused-ring (bicyclic) bond motifs is 1. The summed E-state index contributed by atoms with van der Waals surface area (Å²) in [4.78, 5) is 41.0. The van der Waals surface area contributed by atoms with Crippen molar-refractivity contribution in [1.82, 2.24) is 9.62 Å². The summed E-state index contributed by atoms with van der Waals surface area (Å²) in [5.74, 6) is -1.54. The quantitative estimate of drug-likeness (QED) is 0.403. The zero-order valence-corrected chi connectivity index (χ0v) is 22.6. The second-order valence-electron chi connectivity index (χ2n) is 8.13. The maximum absolute atomic E-state index is 14.3. The number of carbonyl (C=O) groups excluding carboxylic acids is 3. The van der Waals surface area contributed by atoms with Gasteiger partial charge < -0.3 is 20.3 Å². The molecule has 0 unspecified atom stereocenters. The molecular formula is C23H21ClFN5O6S2. The van der Waals surface area contributed by atoms with Crippen LogP contribution in [0, 0.1) is 5.82 Å². The summed E-state index contributed by atoms with van der Waals surface area (Å²) >= 11 is 6.55. The molecule has 0 saturated heterocycles. The molecule has 1 aromatic heterocycles. The molecule has 0 aliphatic carbocycles. The van der Waals surface area contributed by atoms with Crippen LogP contribution in [0.1, 0.15) is 20.7 Å². The normalized spacial score (nSPS) is 12.9. The average molecular weight is 582 g/mol. The maximum Gasteiger partial charge on any atom is 0.333 e. The fourth-order valence-electron chi connectivity index (χ4n) is 3.55. The van der Waals surface area contributed by atoms with E-state index in [9.17, 15) is 27.2 Å². The Morgan fingerprint density at radius 2 is 1.87 bits per heavy atom. The van der Waals surface area contributed by atoms with Crippen LogP contribution < -0.4 is 25.0 Å². The van der Waals surface area contributed by atoms with E-state index in [-0.39, 0.29) is 49.2 Å². The molecule has 38 heavy (non-hydrogen) atoms. The minimum absolute atomic E-state index is 0.00583. The Morgan fingerprint density at radius 3 is 2.50 bits per heavy atom. The fourth-order valence-corrected chi connectivity index (χ4v) is 5.94. The number of hydrogen-bond acceptors (Lipinski definition) is 8. The Bertz CT molecular complexity index is 1560. The molecule has 15 heteroatoms. The highest BCUT2D eigenvalue weighted by Gasteiger charge is 2.30. The van der Waals surface area contributed by atoms with Gasteiger partial charge in [-0.3, -0.25) is 14.5 Å². The number of nitrogens with zero attached hydrogens (tertiary/aromatic N) is 2. The van der Waals surface area contributed by atoms with Crippen LogP contribution in [0.3, 0.4) is 0 Å². The number of urea groups is 1. The number of rotatable bonds is 6. The van der Waals surface area contributed by atoms with Crippen LogP contribution in [0.25, 0.3) is 0 Å². The summed E-state index contributed by atoms with van der Waals surface area (Å²) in [6.45, 7) is -0.217. The van der Waals surface area contributed by atoms with Gasteiger partial charge in [-0.1, -0.05) is 11.6 Å². The van der Waals surface area contributed by atoms with E-state index >= 15 is 0 Å². The number of ether oxygens (including phenoxy) is 1. The number of carbonyl (C=O) groups is 3. The van der Waals surface area contributed by atoms with Crippen LogP contribution >= 0.6 is 22.9 Å². The molecule has 1 aliphatic heterocycles. The first-order chi connectivity index (χ1) is 17.9. The van der Waals surface area contributed by atoms with Gasteiger partial charge >= 0.3 is 6.03 Å². The molecular weight excluding hydrogens is 561 g/mol. The van der Waals surface area contributed by atoms with E-state index < -0.39 is 33.7 Å². The number of nitrogens with one attached hydrogen (secondary N) is 3. The molecule has 3 N–H and O–H groups in total. The monoisotopic (exact) mass is 581 g/mol. The zero-order valence-electron chi connectivity index (χ0n) is 20.2. The first kappa shape index (κ1) is 27.2. The minimum atomic E-state index is -4.21. The molecule has 0 spiro atoms. The van der Waals surface area contributed by atoms with E-state index in [2.05, 4.69) is 10.6 Å². The molecule has 200 valence electrons. The van der Waals surface area contributed by atoms with Crippen LogP contribution in [-0.2, 0) is 10.0 Å². The number of thiophene rings is 1.